The summed E-state index contributed by atoms with van der Waals surface area (Å²) in [6, 6.07) is 19.2. The van der Waals surface area contributed by atoms with Crippen LogP contribution in [0, 0.1) is 0 Å². The molecule has 0 radical (unpaired) electrons. The average Bonchev–Trinajstić information content (AvgIpc) is 3.40. The predicted octanol–water partition coefficient (Wildman–Crippen LogP) is 3.30. The lowest BCUT2D eigenvalue weighted by atomic mass is 9.82. The molecule has 1 aliphatic carbocycles. The molecule has 200 valence electrons. The van der Waals surface area contributed by atoms with Crippen LogP contribution in [0.3, 0.4) is 0 Å². The number of carboxylic acid groups (broad SMARTS) is 1. The summed E-state index contributed by atoms with van der Waals surface area (Å²) < 4.78 is 2.77. The van der Waals surface area contributed by atoms with E-state index in [1.165, 1.54) is 15.6 Å². The standard InChI is InChI=1S/C16H13NO3.C12H20N4O2/c18-15(19)14-11-16(20-17-14,12-7-3-1-4-8-12)13-9-5-2-6-10-13;1-14(2)10-13-11(17)16(12(18)15(10)3)9-7-5-4-6-8-9/h1-10H,11H2,(H,18,19);9H,4-8H2,1-3H3. The van der Waals surface area contributed by atoms with Gasteiger partial charge in [0, 0.05) is 38.3 Å². The number of aromatic nitrogens is 3. The maximum atomic E-state index is 12.3. The number of carbonyl (C=O) groups is 1. The number of carboxylic acids is 1. The first-order valence-corrected chi connectivity index (χ1v) is 12.7. The molecule has 1 saturated carbocycles. The monoisotopic (exact) mass is 519 g/mol. The highest BCUT2D eigenvalue weighted by molar-refractivity contribution is 6.36. The summed E-state index contributed by atoms with van der Waals surface area (Å²) in [6.07, 6.45) is 5.37. The molecule has 10 heteroatoms. The number of aliphatic carboxylic acids is 1. The smallest absolute Gasteiger partial charge is 0.355 e. The topological polar surface area (TPSA) is 119 Å². The second-order valence-corrected chi connectivity index (χ2v) is 9.76. The summed E-state index contributed by atoms with van der Waals surface area (Å²) in [5, 5.41) is 12.9. The fourth-order valence-electron chi connectivity index (χ4n) is 5.03. The highest BCUT2D eigenvalue weighted by Gasteiger charge is 2.44. The van der Waals surface area contributed by atoms with Gasteiger partial charge in [-0.1, -0.05) is 85.1 Å². The van der Waals surface area contributed by atoms with Gasteiger partial charge in [0.05, 0.1) is 6.42 Å². The number of anilines is 1. The molecule has 1 N–H and O–H groups in total. The quantitative estimate of drug-likeness (QED) is 0.549. The summed E-state index contributed by atoms with van der Waals surface area (Å²) in [5.74, 6) is -0.643. The van der Waals surface area contributed by atoms with Crippen LogP contribution in [0.25, 0.3) is 0 Å². The Labute approximate surface area is 220 Å². The van der Waals surface area contributed by atoms with Crippen molar-refractivity contribution in [2.45, 2.75) is 50.2 Å². The first kappa shape index (κ1) is 26.8. The van der Waals surface area contributed by atoms with Crippen LogP contribution in [0.4, 0.5) is 5.95 Å². The number of oxime groups is 1. The summed E-state index contributed by atoms with van der Waals surface area (Å²) in [7, 11) is 5.20. The van der Waals surface area contributed by atoms with Crippen molar-refractivity contribution in [3.05, 3.63) is 92.8 Å². The van der Waals surface area contributed by atoms with Gasteiger partial charge in [0.25, 0.3) is 0 Å². The molecule has 2 aromatic carbocycles. The van der Waals surface area contributed by atoms with E-state index in [4.69, 9.17) is 9.94 Å². The molecule has 0 atom stereocenters. The van der Waals surface area contributed by atoms with Gasteiger partial charge in [-0.15, -0.1) is 0 Å². The van der Waals surface area contributed by atoms with Crippen LogP contribution >= 0.6 is 0 Å². The van der Waals surface area contributed by atoms with Gasteiger partial charge in [-0.25, -0.2) is 19.0 Å². The molecule has 10 nitrogen and oxygen atoms in total. The zero-order valence-corrected chi connectivity index (χ0v) is 21.9. The van der Waals surface area contributed by atoms with Gasteiger partial charge in [-0.2, -0.15) is 4.98 Å². The third-order valence-electron chi connectivity index (χ3n) is 6.99. The van der Waals surface area contributed by atoms with Crippen molar-refractivity contribution < 1.29 is 14.7 Å². The molecule has 1 fully saturated rings. The highest BCUT2D eigenvalue weighted by Crippen LogP contribution is 2.41. The lowest BCUT2D eigenvalue weighted by molar-refractivity contribution is -0.129. The van der Waals surface area contributed by atoms with Crippen LogP contribution in [-0.2, 0) is 22.3 Å². The van der Waals surface area contributed by atoms with Crippen LogP contribution in [0.2, 0.25) is 0 Å². The van der Waals surface area contributed by atoms with Gasteiger partial charge in [-0.05, 0) is 12.8 Å². The number of rotatable bonds is 5. The fourth-order valence-corrected chi connectivity index (χ4v) is 5.03. The third kappa shape index (κ3) is 5.39. The van der Waals surface area contributed by atoms with Crippen molar-refractivity contribution in [2.75, 3.05) is 19.0 Å². The molecule has 0 bridgehead atoms. The zero-order chi connectivity index (χ0) is 27.3. The molecule has 0 unspecified atom stereocenters. The number of hydrogen-bond donors (Lipinski definition) is 1. The molecule has 3 aromatic rings. The number of benzene rings is 2. The lowest BCUT2D eigenvalue weighted by Gasteiger charge is -2.27. The van der Waals surface area contributed by atoms with Crippen molar-refractivity contribution in [2.24, 2.45) is 12.2 Å². The molecule has 0 amide bonds. The van der Waals surface area contributed by atoms with Gasteiger partial charge in [0.2, 0.25) is 5.95 Å². The highest BCUT2D eigenvalue weighted by atomic mass is 16.7. The van der Waals surface area contributed by atoms with Crippen LogP contribution in [-0.4, -0.2) is 45.0 Å². The van der Waals surface area contributed by atoms with E-state index in [1.54, 1.807) is 26.0 Å². The maximum Gasteiger partial charge on any atom is 0.355 e. The Kier molecular flexibility index (Phi) is 8.09. The maximum absolute atomic E-state index is 12.3. The van der Waals surface area contributed by atoms with Crippen molar-refractivity contribution in [1.29, 1.82) is 0 Å². The molecule has 2 heterocycles. The first-order chi connectivity index (χ1) is 18.2. The Morgan fingerprint density at radius 1 is 0.974 bits per heavy atom. The summed E-state index contributed by atoms with van der Waals surface area (Å²) in [6.45, 7) is 0. The molecule has 0 spiro atoms. The Morgan fingerprint density at radius 2 is 1.53 bits per heavy atom. The van der Waals surface area contributed by atoms with Crippen LogP contribution < -0.4 is 16.3 Å². The minimum Gasteiger partial charge on any atom is -0.477 e. The molecule has 1 aromatic heterocycles. The number of hydrogen-bond acceptors (Lipinski definition) is 7. The normalized spacial score (nSPS) is 16.6. The molecular weight excluding hydrogens is 486 g/mol. The van der Waals surface area contributed by atoms with E-state index in [9.17, 15) is 14.4 Å². The van der Waals surface area contributed by atoms with Crippen LogP contribution in [0.1, 0.15) is 55.7 Å². The largest absolute Gasteiger partial charge is 0.477 e. The predicted molar refractivity (Wildman–Crippen MR) is 145 cm³/mol. The minimum atomic E-state index is -1.04. The van der Waals surface area contributed by atoms with Gasteiger partial charge < -0.3 is 14.8 Å². The van der Waals surface area contributed by atoms with Crippen LogP contribution in [0.15, 0.2) is 75.4 Å². The number of nitrogens with zero attached hydrogens (tertiary/aromatic N) is 5. The van der Waals surface area contributed by atoms with E-state index in [2.05, 4.69) is 10.1 Å². The van der Waals surface area contributed by atoms with Gasteiger partial charge in [-0.3, -0.25) is 4.57 Å². The molecule has 2 aliphatic rings. The van der Waals surface area contributed by atoms with E-state index >= 15 is 0 Å². The van der Waals surface area contributed by atoms with Crippen LogP contribution in [0.5, 0.6) is 0 Å². The second-order valence-electron chi connectivity index (χ2n) is 9.76. The average molecular weight is 520 g/mol. The summed E-state index contributed by atoms with van der Waals surface area (Å²) >= 11 is 0. The Morgan fingerprint density at radius 3 is 2.00 bits per heavy atom. The van der Waals surface area contributed by atoms with E-state index in [-0.39, 0.29) is 23.9 Å². The Balaban J connectivity index is 0.000000178. The van der Waals surface area contributed by atoms with Gasteiger partial charge >= 0.3 is 17.3 Å². The zero-order valence-electron chi connectivity index (χ0n) is 21.9. The SMILES string of the molecule is CN(C)c1nc(=O)n(C2CCCCC2)c(=O)n1C.O=C(O)C1=NOC(c2ccccc2)(c2ccccc2)C1. The summed E-state index contributed by atoms with van der Waals surface area (Å²) in [4.78, 5) is 46.7. The van der Waals surface area contributed by atoms with E-state index < -0.39 is 17.3 Å². The van der Waals surface area contributed by atoms with Crippen molar-refractivity contribution in [1.82, 2.24) is 14.1 Å². The van der Waals surface area contributed by atoms with Crippen molar-refractivity contribution in [3.8, 4) is 0 Å². The molecule has 1 aliphatic heterocycles. The van der Waals surface area contributed by atoms with Gasteiger partial charge in [0.15, 0.2) is 11.3 Å². The summed E-state index contributed by atoms with van der Waals surface area (Å²) in [5.41, 5.74) is 0.297. The molecule has 38 heavy (non-hydrogen) atoms. The fraction of sp³-hybridized carbons (Fsp3) is 0.393. The van der Waals surface area contributed by atoms with E-state index in [1.807, 2.05) is 60.7 Å². The van der Waals surface area contributed by atoms with Gasteiger partial charge in [0.1, 0.15) is 0 Å². The second kappa shape index (κ2) is 11.5. The Bertz CT molecular complexity index is 1370. The first-order valence-electron chi connectivity index (χ1n) is 12.7. The van der Waals surface area contributed by atoms with Crippen molar-refractivity contribution >= 4 is 17.6 Å². The molecule has 5 rings (SSSR count). The van der Waals surface area contributed by atoms with E-state index in [0.717, 1.165) is 36.8 Å². The minimum absolute atomic E-state index is 0.0219. The lowest BCUT2D eigenvalue weighted by Crippen LogP contribution is -2.45. The molecular formula is C28H33N5O5. The Hall–Kier alpha value is -4.21. The van der Waals surface area contributed by atoms with E-state index in [0.29, 0.717) is 5.95 Å². The van der Waals surface area contributed by atoms with Crippen molar-refractivity contribution in [3.63, 3.8) is 0 Å². The third-order valence-corrected chi connectivity index (χ3v) is 6.99. The molecule has 0 saturated heterocycles.